The van der Waals surface area contributed by atoms with E-state index in [2.05, 4.69) is 4.98 Å². The Balaban J connectivity index is 1.62. The summed E-state index contributed by atoms with van der Waals surface area (Å²) in [6.45, 7) is 1.82. The van der Waals surface area contributed by atoms with Gasteiger partial charge in [0.2, 0.25) is 5.88 Å². The maximum atomic E-state index is 11.5. The molecule has 1 saturated heterocycles. The summed E-state index contributed by atoms with van der Waals surface area (Å²) in [6, 6.07) is 17.5. The average molecular weight is 335 g/mol. The Hall–Kier alpha value is -3.15. The minimum atomic E-state index is -0.295. The number of hydrogen-bond donors (Lipinski definition) is 0. The maximum absolute atomic E-state index is 11.5. The predicted octanol–water partition coefficient (Wildman–Crippen LogP) is 3.13. The number of carbonyl (C=O) groups is 1. The molecule has 0 radical (unpaired) electrons. The van der Waals surface area contributed by atoms with Crippen LogP contribution in [0.5, 0.6) is 5.88 Å². The van der Waals surface area contributed by atoms with Gasteiger partial charge in [0.15, 0.2) is 0 Å². The van der Waals surface area contributed by atoms with Crippen LogP contribution in [0.2, 0.25) is 0 Å². The molecule has 126 valence electrons. The van der Waals surface area contributed by atoms with Crippen molar-refractivity contribution in [2.75, 3.05) is 26.3 Å². The van der Waals surface area contributed by atoms with Crippen LogP contribution < -0.4 is 4.74 Å². The number of nitrogens with zero attached hydrogens (tertiary/aromatic N) is 3. The number of carbonyl (C=O) groups excluding carboxylic acids is 1. The van der Waals surface area contributed by atoms with Crippen molar-refractivity contribution in [2.45, 2.75) is 0 Å². The molecule has 0 N–H and O–H groups in total. The van der Waals surface area contributed by atoms with Crippen molar-refractivity contribution in [2.24, 2.45) is 0 Å². The monoisotopic (exact) mass is 335 g/mol. The molecule has 0 spiro atoms. The average Bonchev–Trinajstić information content (AvgIpc) is 3.07. The van der Waals surface area contributed by atoms with Crippen LogP contribution in [-0.2, 0) is 4.74 Å². The molecule has 0 saturated carbocycles. The molecule has 1 fully saturated rings. The van der Waals surface area contributed by atoms with Gasteiger partial charge < -0.3 is 14.4 Å². The zero-order valence-corrected chi connectivity index (χ0v) is 13.6. The smallest absolute Gasteiger partial charge is 0.410 e. The van der Waals surface area contributed by atoms with E-state index in [0.29, 0.717) is 37.9 Å². The van der Waals surface area contributed by atoms with Gasteiger partial charge in [0.1, 0.15) is 18.9 Å². The number of amides is 1. The molecule has 25 heavy (non-hydrogen) atoms. The molecule has 0 aliphatic carbocycles. The lowest BCUT2D eigenvalue weighted by molar-refractivity contribution is 0.152. The molecule has 1 aromatic heterocycles. The molecule has 0 bridgehead atoms. The van der Waals surface area contributed by atoms with E-state index in [1.807, 2.05) is 54.6 Å². The van der Waals surface area contributed by atoms with Gasteiger partial charge in [0.05, 0.1) is 24.1 Å². The highest BCUT2D eigenvalue weighted by molar-refractivity contribution is 5.79. The number of rotatable bonds is 5. The number of benzene rings is 2. The lowest BCUT2D eigenvalue weighted by Gasteiger charge is -2.15. The summed E-state index contributed by atoms with van der Waals surface area (Å²) in [7, 11) is 0. The first-order valence-electron chi connectivity index (χ1n) is 8.18. The first kappa shape index (κ1) is 15.4. The van der Waals surface area contributed by atoms with Crippen LogP contribution in [0.4, 0.5) is 4.79 Å². The van der Waals surface area contributed by atoms with E-state index in [9.17, 15) is 4.79 Å². The molecule has 0 atom stereocenters. The standard InChI is InChI=1S/C19H17N3O3/c23-19-22(11-13-25-19)10-12-24-18-17(14-6-2-1-3-7-14)20-15-8-4-5-9-16(15)21-18/h1-9H,10-13H2. The second-order valence-corrected chi connectivity index (χ2v) is 5.68. The lowest BCUT2D eigenvalue weighted by Crippen LogP contribution is -2.29. The third kappa shape index (κ3) is 3.24. The maximum Gasteiger partial charge on any atom is 0.410 e. The van der Waals surface area contributed by atoms with Gasteiger partial charge in [-0.05, 0) is 12.1 Å². The lowest BCUT2D eigenvalue weighted by atomic mass is 10.1. The first-order valence-corrected chi connectivity index (χ1v) is 8.18. The first-order chi connectivity index (χ1) is 12.3. The molecule has 6 heteroatoms. The number of hydrogen-bond acceptors (Lipinski definition) is 5. The van der Waals surface area contributed by atoms with E-state index >= 15 is 0 Å². The highest BCUT2D eigenvalue weighted by atomic mass is 16.6. The van der Waals surface area contributed by atoms with Crippen molar-refractivity contribution in [3.8, 4) is 17.1 Å². The van der Waals surface area contributed by atoms with E-state index < -0.39 is 0 Å². The fourth-order valence-corrected chi connectivity index (χ4v) is 2.75. The molecular formula is C19H17N3O3. The van der Waals surface area contributed by atoms with E-state index in [4.69, 9.17) is 14.5 Å². The van der Waals surface area contributed by atoms with Gasteiger partial charge in [-0.3, -0.25) is 0 Å². The van der Waals surface area contributed by atoms with Gasteiger partial charge in [-0.2, -0.15) is 0 Å². The van der Waals surface area contributed by atoms with Gasteiger partial charge in [0.25, 0.3) is 0 Å². The minimum absolute atomic E-state index is 0.295. The third-order valence-electron chi connectivity index (χ3n) is 4.03. The normalized spacial score (nSPS) is 13.9. The van der Waals surface area contributed by atoms with Crippen LogP contribution in [0.15, 0.2) is 54.6 Å². The highest BCUT2D eigenvalue weighted by Crippen LogP contribution is 2.28. The largest absolute Gasteiger partial charge is 0.474 e. The van der Waals surface area contributed by atoms with Gasteiger partial charge in [-0.15, -0.1) is 0 Å². The van der Waals surface area contributed by atoms with Gasteiger partial charge in [0, 0.05) is 5.56 Å². The van der Waals surface area contributed by atoms with Gasteiger partial charge in [-0.1, -0.05) is 42.5 Å². The summed E-state index contributed by atoms with van der Waals surface area (Å²) in [6.07, 6.45) is -0.295. The Labute approximate surface area is 145 Å². The van der Waals surface area contributed by atoms with E-state index in [0.717, 1.165) is 16.6 Å². The number of aromatic nitrogens is 2. The molecule has 1 aliphatic heterocycles. The van der Waals surface area contributed by atoms with Crippen LogP contribution in [0.1, 0.15) is 0 Å². The summed E-state index contributed by atoms with van der Waals surface area (Å²) in [5.74, 6) is 0.470. The molecule has 1 amide bonds. The second kappa shape index (κ2) is 6.76. The van der Waals surface area contributed by atoms with E-state index in [1.165, 1.54) is 0 Å². The van der Waals surface area contributed by atoms with Crippen molar-refractivity contribution >= 4 is 17.1 Å². The Morgan fingerprint density at radius 1 is 1.00 bits per heavy atom. The fraction of sp³-hybridized carbons (Fsp3) is 0.211. The molecular weight excluding hydrogens is 318 g/mol. The van der Waals surface area contributed by atoms with Crippen LogP contribution in [-0.4, -0.2) is 47.3 Å². The Bertz CT molecular complexity index is 899. The summed E-state index contributed by atoms with van der Waals surface area (Å²) in [4.78, 5) is 22.5. The number of fused-ring (bicyclic) bond motifs is 1. The molecule has 2 aromatic carbocycles. The van der Waals surface area contributed by atoms with Crippen LogP contribution in [0.3, 0.4) is 0 Å². The van der Waals surface area contributed by atoms with E-state index in [-0.39, 0.29) is 6.09 Å². The van der Waals surface area contributed by atoms with Crippen molar-refractivity contribution < 1.29 is 14.3 Å². The summed E-state index contributed by atoms with van der Waals surface area (Å²) < 4.78 is 10.8. The van der Waals surface area contributed by atoms with Crippen molar-refractivity contribution in [1.29, 1.82) is 0 Å². The number of cyclic esters (lactones) is 1. The molecule has 6 nitrogen and oxygen atoms in total. The topological polar surface area (TPSA) is 64.5 Å². The summed E-state index contributed by atoms with van der Waals surface area (Å²) in [5, 5.41) is 0. The third-order valence-corrected chi connectivity index (χ3v) is 4.03. The zero-order chi connectivity index (χ0) is 17.1. The Morgan fingerprint density at radius 2 is 1.72 bits per heavy atom. The van der Waals surface area contributed by atoms with Crippen LogP contribution >= 0.6 is 0 Å². The van der Waals surface area contributed by atoms with Crippen molar-refractivity contribution in [1.82, 2.24) is 14.9 Å². The Kier molecular flexibility index (Phi) is 4.16. The molecule has 3 aromatic rings. The quantitative estimate of drug-likeness (QED) is 0.717. The number of ether oxygens (including phenoxy) is 2. The van der Waals surface area contributed by atoms with Gasteiger partial charge >= 0.3 is 6.09 Å². The van der Waals surface area contributed by atoms with E-state index in [1.54, 1.807) is 4.90 Å². The zero-order valence-electron chi connectivity index (χ0n) is 13.6. The second-order valence-electron chi connectivity index (χ2n) is 5.68. The predicted molar refractivity (Wildman–Crippen MR) is 93.4 cm³/mol. The molecule has 2 heterocycles. The van der Waals surface area contributed by atoms with Crippen molar-refractivity contribution in [3.05, 3.63) is 54.6 Å². The SMILES string of the molecule is O=C1OCCN1CCOc1nc2ccccc2nc1-c1ccccc1. The molecule has 1 aliphatic rings. The fourth-order valence-electron chi connectivity index (χ4n) is 2.75. The highest BCUT2D eigenvalue weighted by Gasteiger charge is 2.21. The van der Waals surface area contributed by atoms with Gasteiger partial charge in [-0.25, -0.2) is 14.8 Å². The molecule has 0 unspecified atom stereocenters. The summed E-state index contributed by atoms with van der Waals surface area (Å²) >= 11 is 0. The Morgan fingerprint density at radius 3 is 2.44 bits per heavy atom. The molecule has 4 rings (SSSR count). The summed E-state index contributed by atoms with van der Waals surface area (Å²) in [5.41, 5.74) is 3.23. The van der Waals surface area contributed by atoms with Crippen LogP contribution in [0.25, 0.3) is 22.3 Å². The number of para-hydroxylation sites is 2. The minimum Gasteiger partial charge on any atom is -0.474 e. The van der Waals surface area contributed by atoms with Crippen LogP contribution in [0, 0.1) is 0 Å². The van der Waals surface area contributed by atoms with Crippen molar-refractivity contribution in [3.63, 3.8) is 0 Å².